The minimum absolute atomic E-state index is 0.0865. The van der Waals surface area contributed by atoms with Crippen molar-refractivity contribution in [2.24, 2.45) is 5.92 Å². The number of nitrogens with one attached hydrogen (secondary N) is 3. The molecule has 0 radical (unpaired) electrons. The van der Waals surface area contributed by atoms with E-state index in [9.17, 15) is 24.3 Å². The number of allylic oxidation sites excluding steroid dienone is 1. The summed E-state index contributed by atoms with van der Waals surface area (Å²) in [5.41, 5.74) is 0.593. The first-order valence-corrected chi connectivity index (χ1v) is 22.2. The van der Waals surface area contributed by atoms with E-state index in [1.54, 1.807) is 42.4 Å². The molecular formula is C46H56F3N9O6. The summed E-state index contributed by atoms with van der Waals surface area (Å²) in [7, 11) is 3.12. The highest BCUT2D eigenvalue weighted by atomic mass is 19.3. The van der Waals surface area contributed by atoms with Crippen molar-refractivity contribution in [2.75, 3.05) is 73.5 Å². The molecule has 2 aromatic carbocycles. The SMILES string of the molecule is C/C=C1\C(=O)N(C)c2cnc(Nc3ccc(C(=O)NC4(CCO)CCN(CC5CCN(c6ccc(C7CCC(=O)NC7=O)cc6F)CC5)CC4(F)F)cc3OC)nc2N1C1CCCC1. The number of rotatable bonds is 12. The second-order valence-electron chi connectivity index (χ2n) is 17.6. The fraction of sp³-hybridized carbons (Fsp3) is 0.522. The number of likely N-dealkylation sites (tertiary alicyclic amines) is 1. The average molecular weight is 888 g/mol. The van der Waals surface area contributed by atoms with Gasteiger partial charge in [-0.15, -0.1) is 0 Å². The van der Waals surface area contributed by atoms with Gasteiger partial charge in [0.1, 0.15) is 28.5 Å². The second kappa shape index (κ2) is 18.4. The van der Waals surface area contributed by atoms with Crippen LogP contribution >= 0.6 is 0 Å². The second-order valence-corrected chi connectivity index (χ2v) is 17.6. The first-order valence-electron chi connectivity index (χ1n) is 22.2. The van der Waals surface area contributed by atoms with Gasteiger partial charge in [-0.05, 0) is 93.7 Å². The fourth-order valence-electron chi connectivity index (χ4n) is 10.1. The molecule has 1 aliphatic carbocycles. The van der Waals surface area contributed by atoms with Crippen LogP contribution in [0.3, 0.4) is 0 Å². The molecule has 4 N–H and O–H groups in total. The highest BCUT2D eigenvalue weighted by Gasteiger charge is 2.57. The lowest BCUT2D eigenvalue weighted by atomic mass is 9.80. The highest BCUT2D eigenvalue weighted by molar-refractivity contribution is 6.12. The Balaban J connectivity index is 0.895. The molecule has 5 heterocycles. The molecule has 3 aromatic rings. The number of aliphatic hydroxyl groups is 1. The number of alkyl halides is 2. The first-order chi connectivity index (χ1) is 30.7. The van der Waals surface area contributed by atoms with E-state index in [1.165, 1.54) is 30.2 Å². The number of likely N-dealkylation sites (N-methyl/N-ethyl adjacent to an activating group) is 1. The van der Waals surface area contributed by atoms with E-state index < -0.39 is 48.2 Å². The number of aromatic nitrogens is 2. The molecule has 18 heteroatoms. The Bertz CT molecular complexity index is 2320. The van der Waals surface area contributed by atoms with Crippen LogP contribution in [-0.4, -0.2) is 115 Å². The van der Waals surface area contributed by atoms with Gasteiger partial charge in [-0.1, -0.05) is 25.0 Å². The van der Waals surface area contributed by atoms with Crippen LogP contribution in [-0.2, 0) is 14.4 Å². The quantitative estimate of drug-likeness (QED) is 0.131. The summed E-state index contributed by atoms with van der Waals surface area (Å²) in [6.07, 6.45) is 8.81. The number of nitrogens with zero attached hydrogens (tertiary/aromatic N) is 6. The number of methoxy groups -OCH3 is 1. The molecular weight excluding hydrogens is 832 g/mol. The molecule has 2 unspecified atom stereocenters. The summed E-state index contributed by atoms with van der Waals surface area (Å²) in [5.74, 6) is -4.86. The van der Waals surface area contributed by atoms with Crippen LogP contribution < -0.4 is 35.4 Å². The largest absolute Gasteiger partial charge is 0.495 e. The monoisotopic (exact) mass is 887 g/mol. The molecule has 5 aliphatic rings. The Morgan fingerprint density at radius 2 is 1.80 bits per heavy atom. The van der Waals surface area contributed by atoms with Crippen LogP contribution in [0.15, 0.2) is 54.4 Å². The topological polar surface area (TPSA) is 173 Å². The van der Waals surface area contributed by atoms with Gasteiger partial charge in [0.25, 0.3) is 17.7 Å². The number of halogens is 3. The smallest absolute Gasteiger partial charge is 0.283 e. The Hall–Kier alpha value is -5.75. The van der Waals surface area contributed by atoms with E-state index in [0.717, 1.165) is 25.7 Å². The van der Waals surface area contributed by atoms with E-state index in [0.29, 0.717) is 73.0 Å². The number of benzene rings is 2. The molecule has 2 atom stereocenters. The van der Waals surface area contributed by atoms with E-state index >= 15 is 13.2 Å². The number of hydrogen-bond acceptors (Lipinski definition) is 12. The maximum atomic E-state index is 16.4. The van der Waals surface area contributed by atoms with E-state index in [1.807, 2.05) is 16.7 Å². The summed E-state index contributed by atoms with van der Waals surface area (Å²) in [6.45, 7) is 2.43. The molecule has 4 amide bonds. The van der Waals surface area contributed by atoms with Crippen molar-refractivity contribution >= 4 is 52.5 Å². The number of anilines is 5. The van der Waals surface area contributed by atoms with Gasteiger partial charge in [0.2, 0.25) is 17.8 Å². The number of imide groups is 1. The number of carbonyl (C=O) groups excluding carboxylic acids is 4. The summed E-state index contributed by atoms with van der Waals surface area (Å²) in [4.78, 5) is 67.5. The maximum absolute atomic E-state index is 16.4. The van der Waals surface area contributed by atoms with Crippen molar-refractivity contribution in [3.63, 3.8) is 0 Å². The molecule has 15 nitrogen and oxygen atoms in total. The third-order valence-corrected chi connectivity index (χ3v) is 13.7. The van der Waals surface area contributed by atoms with Gasteiger partial charge in [0.15, 0.2) is 5.82 Å². The van der Waals surface area contributed by atoms with Gasteiger partial charge < -0.3 is 35.2 Å². The van der Waals surface area contributed by atoms with E-state index in [-0.39, 0.29) is 66.8 Å². The highest BCUT2D eigenvalue weighted by Crippen LogP contribution is 2.43. The molecule has 4 fully saturated rings. The zero-order valence-electron chi connectivity index (χ0n) is 36.5. The van der Waals surface area contributed by atoms with Gasteiger partial charge in [-0.2, -0.15) is 4.98 Å². The fourth-order valence-corrected chi connectivity index (χ4v) is 10.1. The molecule has 4 aliphatic heterocycles. The number of hydrogen-bond donors (Lipinski definition) is 4. The van der Waals surface area contributed by atoms with E-state index in [4.69, 9.17) is 9.72 Å². The Morgan fingerprint density at radius 3 is 2.47 bits per heavy atom. The Morgan fingerprint density at radius 1 is 1.03 bits per heavy atom. The third-order valence-electron chi connectivity index (χ3n) is 13.7. The lowest BCUT2D eigenvalue weighted by molar-refractivity contribution is -0.142. The number of ether oxygens (including phenoxy) is 1. The first kappa shape index (κ1) is 44.8. The van der Waals surface area contributed by atoms with Crippen LogP contribution in [0.1, 0.15) is 93.0 Å². The van der Waals surface area contributed by atoms with Crippen molar-refractivity contribution < 1.29 is 42.2 Å². The number of carbonyl (C=O) groups is 4. The zero-order valence-corrected chi connectivity index (χ0v) is 36.5. The molecule has 1 saturated carbocycles. The van der Waals surface area contributed by atoms with Crippen molar-refractivity contribution in [2.45, 2.75) is 94.6 Å². The molecule has 0 bridgehead atoms. The Kier molecular flexibility index (Phi) is 12.9. The minimum atomic E-state index is -3.38. The van der Waals surface area contributed by atoms with Gasteiger partial charge in [-0.25, -0.2) is 18.2 Å². The van der Waals surface area contributed by atoms with Crippen LogP contribution in [0.25, 0.3) is 0 Å². The molecule has 1 aromatic heterocycles. The van der Waals surface area contributed by atoms with Crippen LogP contribution in [0.5, 0.6) is 5.75 Å². The lowest BCUT2D eigenvalue weighted by Gasteiger charge is -2.48. The number of piperidine rings is 3. The minimum Gasteiger partial charge on any atom is -0.495 e. The summed E-state index contributed by atoms with van der Waals surface area (Å²) in [6, 6.07) is 9.41. The van der Waals surface area contributed by atoms with Crippen molar-refractivity contribution in [3.8, 4) is 5.75 Å². The number of aliphatic hydroxyl groups excluding tert-OH is 1. The van der Waals surface area contributed by atoms with Gasteiger partial charge in [-0.3, -0.25) is 29.4 Å². The standard InChI is InChI=1S/C46H56F3N9O6/c1-4-35-43(63)55(2)37-25-50-44(53-40(37)58(35)31-7-5-6-8-31)51-34-12-9-30(24-38(34)64-3)41(61)54-45(18-22-59)17-21-56(27-46(45,48)49)26-28-15-19-57(20-16-28)36-13-10-29(23-33(36)47)32-11-14-39(60)52-42(32)62/h4,9-10,12-13,23-25,28,31-32,59H,5-8,11,14-22,26-27H2,1-3H3,(H,54,61)(H,50,51,53)(H,52,60,62)/b35-4+. The summed E-state index contributed by atoms with van der Waals surface area (Å²) < 4.78 is 53.8. The van der Waals surface area contributed by atoms with E-state index in [2.05, 4.69) is 20.9 Å². The van der Waals surface area contributed by atoms with Crippen molar-refractivity contribution in [1.82, 2.24) is 25.5 Å². The van der Waals surface area contributed by atoms with Gasteiger partial charge in [0, 0.05) is 57.9 Å². The molecule has 3 saturated heterocycles. The number of fused-ring (bicyclic) bond motifs is 1. The molecule has 342 valence electrons. The van der Waals surface area contributed by atoms with Crippen LogP contribution in [0, 0.1) is 11.7 Å². The predicted octanol–water partition coefficient (Wildman–Crippen LogP) is 5.63. The lowest BCUT2D eigenvalue weighted by Crippen LogP contribution is -2.68. The summed E-state index contributed by atoms with van der Waals surface area (Å²) in [5, 5.41) is 18.1. The predicted molar refractivity (Wildman–Crippen MR) is 235 cm³/mol. The zero-order chi connectivity index (χ0) is 45.3. The average Bonchev–Trinajstić information content (AvgIpc) is 3.81. The normalized spacial score (nSPS) is 23.9. The van der Waals surface area contributed by atoms with Crippen LogP contribution in [0.4, 0.5) is 42.0 Å². The molecule has 8 rings (SSSR count). The van der Waals surface area contributed by atoms with Gasteiger partial charge in [0.05, 0.1) is 37.1 Å². The van der Waals surface area contributed by atoms with Crippen LogP contribution in [0.2, 0.25) is 0 Å². The Labute approximate surface area is 370 Å². The van der Waals surface area contributed by atoms with Crippen molar-refractivity contribution in [3.05, 3.63) is 71.3 Å². The third kappa shape index (κ3) is 8.73. The maximum Gasteiger partial charge on any atom is 0.283 e. The number of amides is 4. The van der Waals surface area contributed by atoms with Gasteiger partial charge >= 0.3 is 0 Å². The molecule has 64 heavy (non-hydrogen) atoms. The summed E-state index contributed by atoms with van der Waals surface area (Å²) >= 11 is 0. The van der Waals surface area contributed by atoms with Crippen molar-refractivity contribution in [1.29, 1.82) is 0 Å². The molecule has 0 spiro atoms.